The fourth-order valence-corrected chi connectivity index (χ4v) is 2.80. The minimum absolute atomic E-state index is 0.00193. The highest BCUT2D eigenvalue weighted by molar-refractivity contribution is 5.96. The standard InChI is InChI=1S/C17H24N2O2/c1-6-21-16-13(8-7-9-18-16)19-15(20)14-12(10-11(2)3)17(14,4)5/h7-10,12,14H,6H2,1-5H3,(H,19,20). The highest BCUT2D eigenvalue weighted by Crippen LogP contribution is 2.59. The molecule has 2 rings (SSSR count). The molecule has 2 atom stereocenters. The molecule has 1 N–H and O–H groups in total. The van der Waals surface area contributed by atoms with Gasteiger partial charge in [0.15, 0.2) is 0 Å². The number of ether oxygens (including phenoxy) is 1. The van der Waals surface area contributed by atoms with Crippen LogP contribution < -0.4 is 10.1 Å². The maximum Gasteiger partial charge on any atom is 0.237 e. The van der Waals surface area contributed by atoms with E-state index in [1.54, 1.807) is 12.3 Å². The van der Waals surface area contributed by atoms with Gasteiger partial charge in [-0.25, -0.2) is 4.98 Å². The van der Waals surface area contributed by atoms with Crippen LogP contribution in [0.2, 0.25) is 0 Å². The fourth-order valence-electron chi connectivity index (χ4n) is 2.80. The molecule has 1 aliphatic carbocycles. The van der Waals surface area contributed by atoms with Gasteiger partial charge >= 0.3 is 0 Å². The van der Waals surface area contributed by atoms with E-state index in [-0.39, 0.29) is 17.2 Å². The van der Waals surface area contributed by atoms with Crippen molar-refractivity contribution in [1.82, 2.24) is 4.98 Å². The van der Waals surface area contributed by atoms with Gasteiger partial charge in [-0.3, -0.25) is 4.79 Å². The molecule has 0 saturated heterocycles. The van der Waals surface area contributed by atoms with Crippen LogP contribution in [0.25, 0.3) is 0 Å². The van der Waals surface area contributed by atoms with Crippen LogP contribution in [0.4, 0.5) is 5.69 Å². The van der Waals surface area contributed by atoms with Crippen molar-refractivity contribution >= 4 is 11.6 Å². The third kappa shape index (κ3) is 3.26. The van der Waals surface area contributed by atoms with Crippen molar-refractivity contribution in [2.24, 2.45) is 17.3 Å². The van der Waals surface area contributed by atoms with Gasteiger partial charge in [-0.2, -0.15) is 0 Å². The molecule has 1 amide bonds. The fraction of sp³-hybridized carbons (Fsp3) is 0.529. The van der Waals surface area contributed by atoms with E-state index < -0.39 is 0 Å². The molecule has 4 nitrogen and oxygen atoms in total. The van der Waals surface area contributed by atoms with E-state index in [9.17, 15) is 4.79 Å². The van der Waals surface area contributed by atoms with Crippen LogP contribution >= 0.6 is 0 Å². The lowest BCUT2D eigenvalue weighted by Gasteiger charge is -2.10. The Bertz CT molecular complexity index is 560. The zero-order chi connectivity index (χ0) is 15.6. The monoisotopic (exact) mass is 288 g/mol. The predicted octanol–water partition coefficient (Wildman–Crippen LogP) is 3.66. The lowest BCUT2D eigenvalue weighted by molar-refractivity contribution is -0.118. The summed E-state index contributed by atoms with van der Waals surface area (Å²) in [7, 11) is 0. The molecular formula is C17H24N2O2. The highest BCUT2D eigenvalue weighted by atomic mass is 16.5. The maximum absolute atomic E-state index is 12.5. The number of hydrogen-bond donors (Lipinski definition) is 1. The van der Waals surface area contributed by atoms with Gasteiger partial charge in [-0.1, -0.05) is 25.5 Å². The molecule has 114 valence electrons. The number of nitrogens with one attached hydrogen (secondary N) is 1. The van der Waals surface area contributed by atoms with Gasteiger partial charge in [0.2, 0.25) is 11.8 Å². The number of allylic oxidation sites excluding steroid dienone is 2. The summed E-state index contributed by atoms with van der Waals surface area (Å²) in [5.41, 5.74) is 1.90. The van der Waals surface area contributed by atoms with Crippen molar-refractivity contribution < 1.29 is 9.53 Å². The zero-order valence-electron chi connectivity index (χ0n) is 13.4. The van der Waals surface area contributed by atoms with Crippen molar-refractivity contribution in [3.63, 3.8) is 0 Å². The number of carbonyl (C=O) groups excluding carboxylic acids is 1. The van der Waals surface area contributed by atoms with Crippen LogP contribution in [0.5, 0.6) is 5.88 Å². The van der Waals surface area contributed by atoms with Gasteiger partial charge < -0.3 is 10.1 Å². The third-order valence-corrected chi connectivity index (χ3v) is 4.02. The molecule has 0 aromatic carbocycles. The van der Waals surface area contributed by atoms with Crippen molar-refractivity contribution in [3.05, 3.63) is 30.0 Å². The first-order valence-corrected chi connectivity index (χ1v) is 7.41. The summed E-state index contributed by atoms with van der Waals surface area (Å²) in [6.45, 7) is 10.8. The Morgan fingerprint density at radius 2 is 2.19 bits per heavy atom. The molecule has 1 saturated carbocycles. The van der Waals surface area contributed by atoms with E-state index in [0.29, 0.717) is 24.1 Å². The molecule has 1 aliphatic rings. The van der Waals surface area contributed by atoms with E-state index in [4.69, 9.17) is 4.74 Å². The van der Waals surface area contributed by atoms with Crippen molar-refractivity contribution in [3.8, 4) is 5.88 Å². The van der Waals surface area contributed by atoms with Gasteiger partial charge in [0, 0.05) is 6.20 Å². The second-order valence-electron chi connectivity index (χ2n) is 6.35. The van der Waals surface area contributed by atoms with Crippen molar-refractivity contribution in [2.75, 3.05) is 11.9 Å². The molecule has 1 aromatic heterocycles. The first-order valence-electron chi connectivity index (χ1n) is 7.41. The summed E-state index contributed by atoms with van der Waals surface area (Å²) in [5.74, 6) is 0.818. The van der Waals surface area contributed by atoms with Gasteiger partial charge in [-0.15, -0.1) is 0 Å². The second kappa shape index (κ2) is 5.88. The lowest BCUT2D eigenvalue weighted by atomic mass is 10.1. The number of hydrogen-bond acceptors (Lipinski definition) is 3. The smallest absolute Gasteiger partial charge is 0.237 e. The first-order chi connectivity index (χ1) is 9.87. The largest absolute Gasteiger partial charge is 0.476 e. The summed E-state index contributed by atoms with van der Waals surface area (Å²) >= 11 is 0. The number of pyridine rings is 1. The number of nitrogens with zero attached hydrogens (tertiary/aromatic N) is 1. The molecule has 0 aliphatic heterocycles. The third-order valence-electron chi connectivity index (χ3n) is 4.02. The molecule has 0 spiro atoms. The Labute approximate surface area is 126 Å². The number of anilines is 1. The first kappa shape index (κ1) is 15.5. The summed E-state index contributed by atoms with van der Waals surface area (Å²) in [6.07, 6.45) is 3.85. The lowest BCUT2D eigenvalue weighted by Crippen LogP contribution is -2.17. The molecule has 2 unspecified atom stereocenters. The Hall–Kier alpha value is -1.84. The van der Waals surface area contributed by atoms with Crippen LogP contribution in [-0.4, -0.2) is 17.5 Å². The Morgan fingerprint density at radius 3 is 2.81 bits per heavy atom. The predicted molar refractivity (Wildman–Crippen MR) is 84.2 cm³/mol. The number of aromatic nitrogens is 1. The SMILES string of the molecule is CCOc1ncccc1NC(=O)C1C(C=C(C)C)C1(C)C. The van der Waals surface area contributed by atoms with Crippen molar-refractivity contribution in [2.45, 2.75) is 34.6 Å². The Morgan fingerprint density at radius 1 is 1.48 bits per heavy atom. The zero-order valence-corrected chi connectivity index (χ0v) is 13.4. The molecule has 21 heavy (non-hydrogen) atoms. The molecule has 0 bridgehead atoms. The summed E-state index contributed by atoms with van der Waals surface area (Å²) in [5, 5.41) is 2.96. The van der Waals surface area contributed by atoms with Crippen LogP contribution in [0, 0.1) is 17.3 Å². The van der Waals surface area contributed by atoms with Gasteiger partial charge in [0.25, 0.3) is 0 Å². The molecular weight excluding hydrogens is 264 g/mol. The van der Waals surface area contributed by atoms with E-state index in [2.05, 4.69) is 44.1 Å². The maximum atomic E-state index is 12.5. The Kier molecular flexibility index (Phi) is 4.35. The van der Waals surface area contributed by atoms with E-state index >= 15 is 0 Å². The molecule has 0 radical (unpaired) electrons. The topological polar surface area (TPSA) is 51.2 Å². The van der Waals surface area contributed by atoms with Gasteiger partial charge in [0.05, 0.1) is 12.5 Å². The normalized spacial score (nSPS) is 22.3. The summed E-state index contributed by atoms with van der Waals surface area (Å²) in [6, 6.07) is 3.62. The van der Waals surface area contributed by atoms with Crippen LogP contribution in [0.1, 0.15) is 34.6 Å². The minimum Gasteiger partial charge on any atom is -0.476 e. The highest BCUT2D eigenvalue weighted by Gasteiger charge is 2.60. The average molecular weight is 288 g/mol. The summed E-state index contributed by atoms with van der Waals surface area (Å²) in [4.78, 5) is 16.7. The van der Waals surface area contributed by atoms with E-state index in [1.165, 1.54) is 5.57 Å². The number of carbonyl (C=O) groups is 1. The van der Waals surface area contributed by atoms with E-state index in [1.807, 2.05) is 13.0 Å². The molecule has 4 heteroatoms. The van der Waals surface area contributed by atoms with E-state index in [0.717, 1.165) is 0 Å². The molecule has 1 heterocycles. The Balaban J connectivity index is 2.11. The second-order valence-corrected chi connectivity index (χ2v) is 6.35. The van der Waals surface area contributed by atoms with Crippen LogP contribution in [0.3, 0.4) is 0 Å². The average Bonchev–Trinajstić information content (AvgIpc) is 2.92. The molecule has 1 aromatic rings. The quantitative estimate of drug-likeness (QED) is 0.841. The van der Waals surface area contributed by atoms with Crippen LogP contribution in [-0.2, 0) is 4.79 Å². The molecule has 1 fully saturated rings. The minimum atomic E-state index is 0.00193. The van der Waals surface area contributed by atoms with Crippen LogP contribution in [0.15, 0.2) is 30.0 Å². The number of amides is 1. The number of rotatable bonds is 5. The van der Waals surface area contributed by atoms with Gasteiger partial charge in [-0.05, 0) is 44.2 Å². The van der Waals surface area contributed by atoms with Crippen molar-refractivity contribution in [1.29, 1.82) is 0 Å². The summed E-state index contributed by atoms with van der Waals surface area (Å²) < 4.78 is 5.44. The van der Waals surface area contributed by atoms with Gasteiger partial charge in [0.1, 0.15) is 5.69 Å².